The summed E-state index contributed by atoms with van der Waals surface area (Å²) >= 11 is 0. The second-order valence-corrected chi connectivity index (χ2v) is 8.85. The molecule has 0 bridgehead atoms. The van der Waals surface area contributed by atoms with Crippen molar-refractivity contribution in [2.24, 2.45) is 5.73 Å². The monoisotopic (exact) mass is 446 g/mol. The Bertz CT molecular complexity index is 646. The van der Waals surface area contributed by atoms with Gasteiger partial charge in [0, 0.05) is 0 Å². The number of aryl methyl sites for hydroxylation is 1. The van der Waals surface area contributed by atoms with Gasteiger partial charge in [-0.1, -0.05) is 82.4 Å². The topological polar surface area (TPSA) is 142 Å². The molecule has 0 aliphatic carbocycles. The third-order valence-electron chi connectivity index (χ3n) is 4.43. The van der Waals surface area contributed by atoms with Crippen molar-refractivity contribution in [1.29, 1.82) is 0 Å². The number of nitrogens with two attached hydrogens (primary N) is 1. The second kappa shape index (κ2) is 18.3. The molecular formula is C22H42N2O5S. The molecule has 6 N–H and O–H groups in total. The summed E-state index contributed by atoms with van der Waals surface area (Å²) in [6.45, 7) is 6.27. The normalized spacial score (nSPS) is 11.6. The molecule has 1 aromatic carbocycles. The molecule has 30 heavy (non-hydrogen) atoms. The summed E-state index contributed by atoms with van der Waals surface area (Å²) in [5.74, 6) is -0.286. The minimum absolute atomic E-state index is 0. The van der Waals surface area contributed by atoms with Gasteiger partial charge in [0.05, 0.1) is 11.5 Å². The summed E-state index contributed by atoms with van der Waals surface area (Å²) in [6.07, 6.45) is 12.9. The standard InChI is InChI=1S/C15H31NO2.C7H8O3S.H3N/c1-3-4-5-6-7-8-9-10-11-12-13-18-15(17)14(2)16;1-6-2-4-7(5-3-6)11(8,9)10;/h14H,3-13,16H2,1-2H3;2-5H,1H3,(H,8,9,10);1H3/t14-;;/m0../s1. The third kappa shape index (κ3) is 17.4. The summed E-state index contributed by atoms with van der Waals surface area (Å²) in [7, 11) is -4.02. The molecule has 0 unspecified atom stereocenters. The lowest BCUT2D eigenvalue weighted by molar-refractivity contribution is -0.144. The van der Waals surface area contributed by atoms with E-state index in [2.05, 4.69) is 6.92 Å². The van der Waals surface area contributed by atoms with Crippen LogP contribution < -0.4 is 11.9 Å². The maximum atomic E-state index is 11.1. The highest BCUT2D eigenvalue weighted by molar-refractivity contribution is 7.85. The molecule has 0 aromatic heterocycles. The zero-order chi connectivity index (χ0) is 22.1. The predicted octanol–water partition coefficient (Wildman–Crippen LogP) is 5.20. The highest BCUT2D eigenvalue weighted by Crippen LogP contribution is 2.10. The Balaban J connectivity index is 0. The van der Waals surface area contributed by atoms with E-state index in [9.17, 15) is 13.2 Å². The number of carbonyl (C=O) groups is 1. The van der Waals surface area contributed by atoms with Gasteiger partial charge in [-0.25, -0.2) is 0 Å². The molecule has 1 aromatic rings. The van der Waals surface area contributed by atoms with Crippen LogP contribution in [0.4, 0.5) is 0 Å². The Morgan fingerprint density at radius 1 is 0.967 bits per heavy atom. The van der Waals surface area contributed by atoms with Gasteiger partial charge in [-0.15, -0.1) is 0 Å². The summed E-state index contributed by atoms with van der Waals surface area (Å²) < 4.78 is 34.6. The fraction of sp³-hybridized carbons (Fsp3) is 0.682. The summed E-state index contributed by atoms with van der Waals surface area (Å²) in [4.78, 5) is 11.0. The van der Waals surface area contributed by atoms with Crippen molar-refractivity contribution in [2.45, 2.75) is 95.9 Å². The number of carbonyl (C=O) groups excluding carboxylic acids is 1. The van der Waals surface area contributed by atoms with Gasteiger partial charge < -0.3 is 16.6 Å². The maximum Gasteiger partial charge on any atom is 0.322 e. The molecule has 176 valence electrons. The fourth-order valence-corrected chi connectivity index (χ4v) is 3.08. The zero-order valence-electron chi connectivity index (χ0n) is 18.9. The number of ether oxygens (including phenoxy) is 1. The van der Waals surface area contributed by atoms with Gasteiger partial charge in [-0.2, -0.15) is 8.42 Å². The Hall–Kier alpha value is -1.48. The predicted molar refractivity (Wildman–Crippen MR) is 122 cm³/mol. The van der Waals surface area contributed by atoms with Crippen molar-refractivity contribution in [2.75, 3.05) is 6.61 Å². The quantitative estimate of drug-likeness (QED) is 0.215. The molecular weight excluding hydrogens is 404 g/mol. The molecule has 0 aliphatic rings. The van der Waals surface area contributed by atoms with Crippen LogP contribution in [0, 0.1) is 6.92 Å². The molecule has 0 aliphatic heterocycles. The van der Waals surface area contributed by atoms with Crippen molar-refractivity contribution >= 4 is 16.1 Å². The number of hydrogen-bond acceptors (Lipinski definition) is 6. The van der Waals surface area contributed by atoms with Gasteiger partial charge in [-0.05, 0) is 32.4 Å². The number of benzene rings is 1. The molecule has 8 heteroatoms. The molecule has 0 fully saturated rings. The lowest BCUT2D eigenvalue weighted by Crippen LogP contribution is -2.28. The van der Waals surface area contributed by atoms with Crippen LogP contribution in [0.3, 0.4) is 0 Å². The Morgan fingerprint density at radius 2 is 1.40 bits per heavy atom. The van der Waals surface area contributed by atoms with E-state index < -0.39 is 16.2 Å². The molecule has 0 saturated carbocycles. The van der Waals surface area contributed by atoms with E-state index in [1.165, 1.54) is 63.5 Å². The SMILES string of the molecule is CCCCCCCCCCCCOC(=O)[C@H](C)N.Cc1ccc(S(=O)(=O)O)cc1.N. The second-order valence-electron chi connectivity index (χ2n) is 7.43. The van der Waals surface area contributed by atoms with Crippen LogP contribution in [-0.4, -0.2) is 31.6 Å². The molecule has 1 atom stereocenters. The highest BCUT2D eigenvalue weighted by Gasteiger charge is 2.07. The average Bonchev–Trinajstić information content (AvgIpc) is 2.66. The van der Waals surface area contributed by atoms with E-state index in [1.807, 2.05) is 6.92 Å². The van der Waals surface area contributed by atoms with E-state index in [0.29, 0.717) is 6.61 Å². The van der Waals surface area contributed by atoms with Crippen molar-refractivity contribution in [3.63, 3.8) is 0 Å². The van der Waals surface area contributed by atoms with Crippen LogP contribution in [0.5, 0.6) is 0 Å². The minimum Gasteiger partial charge on any atom is -0.465 e. The first-order chi connectivity index (χ1) is 13.7. The van der Waals surface area contributed by atoms with Gasteiger partial charge in [0.25, 0.3) is 10.1 Å². The number of esters is 1. The van der Waals surface area contributed by atoms with Crippen molar-refractivity contribution in [3.05, 3.63) is 29.8 Å². The lowest BCUT2D eigenvalue weighted by atomic mass is 10.1. The molecule has 0 amide bonds. The van der Waals surface area contributed by atoms with Crippen molar-refractivity contribution < 1.29 is 22.5 Å². The van der Waals surface area contributed by atoms with Crippen molar-refractivity contribution in [3.8, 4) is 0 Å². The van der Waals surface area contributed by atoms with E-state index in [1.54, 1.807) is 19.1 Å². The van der Waals surface area contributed by atoms with Crippen LogP contribution in [-0.2, 0) is 19.6 Å². The summed E-state index contributed by atoms with van der Waals surface area (Å²) in [5.41, 5.74) is 6.35. The Morgan fingerprint density at radius 3 is 1.80 bits per heavy atom. The van der Waals surface area contributed by atoms with Crippen LogP contribution >= 0.6 is 0 Å². The number of rotatable bonds is 13. The van der Waals surface area contributed by atoms with Gasteiger partial charge >= 0.3 is 5.97 Å². The van der Waals surface area contributed by atoms with Gasteiger partial charge in [0.15, 0.2) is 0 Å². The highest BCUT2D eigenvalue weighted by atomic mass is 32.2. The van der Waals surface area contributed by atoms with Gasteiger partial charge in [-0.3, -0.25) is 9.35 Å². The molecule has 0 radical (unpaired) electrons. The largest absolute Gasteiger partial charge is 0.465 e. The van der Waals surface area contributed by atoms with Gasteiger partial charge in [0.1, 0.15) is 6.04 Å². The van der Waals surface area contributed by atoms with Crippen LogP contribution in [0.25, 0.3) is 0 Å². The zero-order valence-corrected chi connectivity index (χ0v) is 19.8. The van der Waals surface area contributed by atoms with Crippen LogP contribution in [0.2, 0.25) is 0 Å². The van der Waals surface area contributed by atoms with E-state index in [-0.39, 0.29) is 17.0 Å². The summed E-state index contributed by atoms with van der Waals surface area (Å²) in [5, 5.41) is 0. The third-order valence-corrected chi connectivity index (χ3v) is 5.30. The first kappa shape index (κ1) is 30.7. The molecule has 0 heterocycles. The maximum absolute atomic E-state index is 11.1. The average molecular weight is 447 g/mol. The number of unbranched alkanes of at least 4 members (excludes halogenated alkanes) is 9. The van der Waals surface area contributed by atoms with Crippen LogP contribution in [0.15, 0.2) is 29.2 Å². The summed E-state index contributed by atoms with van der Waals surface area (Å²) in [6, 6.07) is 5.50. The Kier molecular flexibility index (Phi) is 18.7. The fourth-order valence-electron chi connectivity index (χ4n) is 2.60. The smallest absolute Gasteiger partial charge is 0.322 e. The van der Waals surface area contributed by atoms with E-state index >= 15 is 0 Å². The minimum atomic E-state index is -4.02. The van der Waals surface area contributed by atoms with E-state index in [0.717, 1.165) is 18.4 Å². The molecule has 0 saturated heterocycles. The van der Waals surface area contributed by atoms with Crippen molar-refractivity contribution in [1.82, 2.24) is 6.15 Å². The first-order valence-electron chi connectivity index (χ1n) is 10.6. The molecule has 1 rings (SSSR count). The van der Waals surface area contributed by atoms with Gasteiger partial charge in [0.2, 0.25) is 0 Å². The Labute approximate surface area is 183 Å². The van der Waals surface area contributed by atoms with E-state index in [4.69, 9.17) is 15.0 Å². The number of hydrogen-bond donors (Lipinski definition) is 3. The first-order valence-corrected chi connectivity index (χ1v) is 12.1. The molecule has 7 nitrogen and oxygen atoms in total. The lowest BCUT2D eigenvalue weighted by Gasteiger charge is -2.06. The molecule has 0 spiro atoms. The van der Waals surface area contributed by atoms with Crippen LogP contribution in [0.1, 0.15) is 83.6 Å².